The van der Waals surface area contributed by atoms with Gasteiger partial charge in [0.05, 0.1) is 33.4 Å². The molecule has 0 aromatic heterocycles. The Morgan fingerprint density at radius 2 is 1.69 bits per heavy atom. The van der Waals surface area contributed by atoms with Crippen LogP contribution in [0.2, 0.25) is 0 Å². The number of ketones is 1. The maximum absolute atomic E-state index is 12.9. The number of Topliss-reactive ketones (excluding diaryl/α,β-unsaturated/α-hetero) is 1. The third-order valence-electron chi connectivity index (χ3n) is 4.66. The first-order valence-corrected chi connectivity index (χ1v) is 8.94. The van der Waals surface area contributed by atoms with Crippen molar-refractivity contribution < 1.29 is 28.6 Å². The van der Waals surface area contributed by atoms with Gasteiger partial charge in [0.2, 0.25) is 11.7 Å². The van der Waals surface area contributed by atoms with Gasteiger partial charge in [-0.3, -0.25) is 14.4 Å². The fraction of sp³-hybridized carbons (Fsp3) is 0.286. The van der Waals surface area contributed by atoms with E-state index in [2.05, 4.69) is 5.32 Å². The predicted octanol–water partition coefficient (Wildman–Crippen LogP) is 2.66. The summed E-state index contributed by atoms with van der Waals surface area (Å²) in [5.41, 5.74) is 1.36. The summed E-state index contributed by atoms with van der Waals surface area (Å²) in [5, 5.41) is 3.06. The third-order valence-corrected chi connectivity index (χ3v) is 4.66. The van der Waals surface area contributed by atoms with Gasteiger partial charge in [-0.1, -0.05) is 12.1 Å². The van der Waals surface area contributed by atoms with Crippen LogP contribution in [0, 0.1) is 0 Å². The average Bonchev–Trinajstić information content (AvgIpc) is 3.00. The number of hydrogen-bond donors (Lipinski definition) is 1. The Balaban J connectivity index is 1.87. The molecule has 152 valence electrons. The molecule has 1 atom stereocenters. The third kappa shape index (κ3) is 3.87. The molecule has 2 amide bonds. The van der Waals surface area contributed by atoms with E-state index in [1.165, 1.54) is 28.3 Å². The largest absolute Gasteiger partial charge is 0.493 e. The number of anilines is 2. The van der Waals surface area contributed by atoms with E-state index in [0.717, 1.165) is 4.90 Å². The fourth-order valence-electron chi connectivity index (χ4n) is 3.25. The Hall–Kier alpha value is -3.55. The number of ether oxygens (including phenoxy) is 3. The smallest absolute Gasteiger partial charge is 0.256 e. The standard InChI is InChI=1S/C21H22N2O6/c1-12(24)13-6-5-7-15(8-13)23-19(25)11-16(21(23)26)22-14-9-17(27-2)20(29-4)18(10-14)28-3/h5-10,16,22H,11H2,1-4H3/t16-/m0/s1. The lowest BCUT2D eigenvalue weighted by Gasteiger charge is -2.18. The van der Waals surface area contributed by atoms with Crippen molar-refractivity contribution in [2.24, 2.45) is 0 Å². The van der Waals surface area contributed by atoms with E-state index in [1.54, 1.807) is 36.4 Å². The van der Waals surface area contributed by atoms with Crippen molar-refractivity contribution in [3.05, 3.63) is 42.0 Å². The van der Waals surface area contributed by atoms with Crippen molar-refractivity contribution in [2.75, 3.05) is 31.5 Å². The van der Waals surface area contributed by atoms with E-state index >= 15 is 0 Å². The van der Waals surface area contributed by atoms with Gasteiger partial charge in [-0.05, 0) is 19.1 Å². The van der Waals surface area contributed by atoms with Crippen LogP contribution < -0.4 is 24.4 Å². The highest BCUT2D eigenvalue weighted by molar-refractivity contribution is 6.23. The summed E-state index contributed by atoms with van der Waals surface area (Å²) >= 11 is 0. The molecule has 8 heteroatoms. The minimum absolute atomic E-state index is 0.0141. The van der Waals surface area contributed by atoms with E-state index < -0.39 is 11.9 Å². The number of carbonyl (C=O) groups is 3. The van der Waals surface area contributed by atoms with Crippen LogP contribution in [0.3, 0.4) is 0 Å². The number of nitrogens with one attached hydrogen (secondary N) is 1. The average molecular weight is 398 g/mol. The van der Waals surface area contributed by atoms with Crippen molar-refractivity contribution in [3.8, 4) is 17.2 Å². The molecule has 1 aliphatic heterocycles. The molecule has 0 radical (unpaired) electrons. The molecule has 0 spiro atoms. The van der Waals surface area contributed by atoms with E-state index in [4.69, 9.17) is 14.2 Å². The molecule has 1 heterocycles. The molecule has 29 heavy (non-hydrogen) atoms. The summed E-state index contributed by atoms with van der Waals surface area (Å²) in [5.74, 6) is 0.398. The van der Waals surface area contributed by atoms with Crippen molar-refractivity contribution in [2.45, 2.75) is 19.4 Å². The van der Waals surface area contributed by atoms with Gasteiger partial charge in [0.1, 0.15) is 6.04 Å². The summed E-state index contributed by atoms with van der Waals surface area (Å²) in [7, 11) is 4.49. The van der Waals surface area contributed by atoms with Gasteiger partial charge in [0, 0.05) is 23.4 Å². The SMILES string of the molecule is COc1cc(N[C@H]2CC(=O)N(c3cccc(C(C)=O)c3)C2=O)cc(OC)c1OC. The molecular formula is C21H22N2O6. The first-order valence-electron chi connectivity index (χ1n) is 8.94. The molecule has 1 N–H and O–H groups in total. The maximum Gasteiger partial charge on any atom is 0.256 e. The van der Waals surface area contributed by atoms with E-state index in [-0.39, 0.29) is 18.1 Å². The maximum atomic E-state index is 12.9. The van der Waals surface area contributed by atoms with Crippen LogP contribution in [-0.2, 0) is 9.59 Å². The molecule has 0 aliphatic carbocycles. The zero-order valence-electron chi connectivity index (χ0n) is 16.6. The monoisotopic (exact) mass is 398 g/mol. The second-order valence-corrected chi connectivity index (χ2v) is 6.49. The Kier molecular flexibility index (Phi) is 5.72. The minimum atomic E-state index is -0.758. The number of benzene rings is 2. The fourth-order valence-corrected chi connectivity index (χ4v) is 3.25. The molecule has 2 aromatic rings. The zero-order chi connectivity index (χ0) is 21.1. The van der Waals surface area contributed by atoms with E-state index in [0.29, 0.717) is 34.2 Å². The highest BCUT2D eigenvalue weighted by Crippen LogP contribution is 2.40. The minimum Gasteiger partial charge on any atom is -0.493 e. The van der Waals surface area contributed by atoms with E-state index in [9.17, 15) is 14.4 Å². The molecule has 0 unspecified atom stereocenters. The van der Waals surface area contributed by atoms with Crippen LogP contribution in [0.15, 0.2) is 36.4 Å². The van der Waals surface area contributed by atoms with Crippen LogP contribution in [0.1, 0.15) is 23.7 Å². The topological polar surface area (TPSA) is 94.2 Å². The van der Waals surface area contributed by atoms with Gasteiger partial charge in [-0.15, -0.1) is 0 Å². The Bertz CT molecular complexity index is 946. The van der Waals surface area contributed by atoms with Crippen LogP contribution in [0.4, 0.5) is 11.4 Å². The number of hydrogen-bond acceptors (Lipinski definition) is 7. The van der Waals surface area contributed by atoms with Crippen molar-refractivity contribution in [1.29, 1.82) is 0 Å². The summed E-state index contributed by atoms with van der Waals surface area (Å²) in [6, 6.07) is 9.03. The normalized spacial score (nSPS) is 16.0. The summed E-state index contributed by atoms with van der Waals surface area (Å²) in [4.78, 5) is 38.1. The lowest BCUT2D eigenvalue weighted by molar-refractivity contribution is -0.121. The Morgan fingerprint density at radius 3 is 2.24 bits per heavy atom. The first kappa shape index (κ1) is 20.2. The van der Waals surface area contributed by atoms with Gasteiger partial charge < -0.3 is 19.5 Å². The van der Waals surface area contributed by atoms with Crippen LogP contribution in [0.5, 0.6) is 17.2 Å². The second-order valence-electron chi connectivity index (χ2n) is 6.49. The highest BCUT2D eigenvalue weighted by atomic mass is 16.5. The molecule has 2 aromatic carbocycles. The lowest BCUT2D eigenvalue weighted by atomic mass is 10.1. The van der Waals surface area contributed by atoms with Crippen LogP contribution >= 0.6 is 0 Å². The summed E-state index contributed by atoms with van der Waals surface area (Å²) in [6.07, 6.45) is -0.0141. The van der Waals surface area contributed by atoms with E-state index in [1.807, 2.05) is 0 Å². The Labute approximate surface area is 168 Å². The van der Waals surface area contributed by atoms with Crippen molar-refractivity contribution in [1.82, 2.24) is 0 Å². The lowest BCUT2D eigenvalue weighted by Crippen LogP contribution is -2.34. The number of rotatable bonds is 7. The number of amides is 2. The first-order chi connectivity index (χ1) is 13.9. The zero-order valence-corrected chi connectivity index (χ0v) is 16.6. The summed E-state index contributed by atoms with van der Waals surface area (Å²) < 4.78 is 15.9. The number of nitrogens with zero attached hydrogens (tertiary/aromatic N) is 1. The van der Waals surface area contributed by atoms with Crippen LogP contribution in [0.25, 0.3) is 0 Å². The van der Waals surface area contributed by atoms with Crippen molar-refractivity contribution >= 4 is 29.0 Å². The van der Waals surface area contributed by atoms with Crippen molar-refractivity contribution in [3.63, 3.8) is 0 Å². The number of methoxy groups -OCH3 is 3. The quantitative estimate of drug-likeness (QED) is 0.566. The second kappa shape index (κ2) is 8.22. The molecule has 8 nitrogen and oxygen atoms in total. The molecule has 0 bridgehead atoms. The molecular weight excluding hydrogens is 376 g/mol. The Morgan fingerprint density at radius 1 is 1.03 bits per heavy atom. The van der Waals surface area contributed by atoms with Gasteiger partial charge in [-0.2, -0.15) is 0 Å². The van der Waals surface area contributed by atoms with Crippen LogP contribution in [-0.4, -0.2) is 45.0 Å². The number of imide groups is 1. The highest BCUT2D eigenvalue weighted by Gasteiger charge is 2.40. The number of carbonyl (C=O) groups excluding carboxylic acids is 3. The summed E-state index contributed by atoms with van der Waals surface area (Å²) in [6.45, 7) is 1.43. The molecule has 1 saturated heterocycles. The molecule has 0 saturated carbocycles. The van der Waals surface area contributed by atoms with Gasteiger partial charge >= 0.3 is 0 Å². The predicted molar refractivity (Wildman–Crippen MR) is 107 cm³/mol. The molecule has 1 fully saturated rings. The molecule has 1 aliphatic rings. The van der Waals surface area contributed by atoms with Gasteiger partial charge in [0.25, 0.3) is 5.91 Å². The van der Waals surface area contributed by atoms with Gasteiger partial charge in [0.15, 0.2) is 17.3 Å². The van der Waals surface area contributed by atoms with Gasteiger partial charge in [-0.25, -0.2) is 4.90 Å². The molecule has 3 rings (SSSR count).